The topological polar surface area (TPSA) is 96.8 Å². The van der Waals surface area contributed by atoms with E-state index >= 15 is 4.39 Å². The third kappa shape index (κ3) is 7.25. The van der Waals surface area contributed by atoms with Gasteiger partial charge >= 0.3 is 5.97 Å². The van der Waals surface area contributed by atoms with Crippen LogP contribution in [-0.4, -0.2) is 59.4 Å². The second-order valence-electron chi connectivity index (χ2n) is 12.6. The lowest BCUT2D eigenvalue weighted by Crippen LogP contribution is -2.39. The molecule has 0 saturated carbocycles. The molecule has 0 amide bonds. The zero-order chi connectivity index (χ0) is 28.4. The van der Waals surface area contributed by atoms with E-state index in [0.29, 0.717) is 34.9 Å². The van der Waals surface area contributed by atoms with Crippen LogP contribution in [0, 0.1) is 24.1 Å². The highest BCUT2D eigenvalue weighted by atomic mass is 19.1. The van der Waals surface area contributed by atoms with Crippen LogP contribution in [0.2, 0.25) is 0 Å². The molecule has 0 unspecified atom stereocenters. The number of ether oxygens (including phenoxy) is 2. The molecule has 2 aromatic rings. The van der Waals surface area contributed by atoms with Crippen molar-refractivity contribution in [3.63, 3.8) is 0 Å². The van der Waals surface area contributed by atoms with E-state index in [2.05, 4.69) is 34.0 Å². The van der Waals surface area contributed by atoms with Crippen molar-refractivity contribution in [2.45, 2.75) is 78.9 Å². The summed E-state index contributed by atoms with van der Waals surface area (Å²) in [6, 6.07) is 1.42. The van der Waals surface area contributed by atoms with Gasteiger partial charge in [-0.05, 0) is 83.9 Å². The monoisotopic (exact) mass is 542 g/mol. The van der Waals surface area contributed by atoms with Crippen molar-refractivity contribution < 1.29 is 23.8 Å². The molecule has 2 aromatic heterocycles. The van der Waals surface area contributed by atoms with Crippen LogP contribution in [0.5, 0.6) is 5.88 Å². The molecule has 2 aliphatic rings. The second kappa shape index (κ2) is 11.8. The van der Waals surface area contributed by atoms with Gasteiger partial charge in [-0.3, -0.25) is 4.98 Å². The van der Waals surface area contributed by atoms with E-state index in [-0.39, 0.29) is 11.3 Å². The highest BCUT2D eigenvalue weighted by Crippen LogP contribution is 2.43. The number of halogens is 1. The maximum atomic E-state index is 15.3. The van der Waals surface area contributed by atoms with Gasteiger partial charge in [0.1, 0.15) is 0 Å². The van der Waals surface area contributed by atoms with Crippen LogP contribution in [0.15, 0.2) is 18.5 Å². The first-order valence-electron chi connectivity index (χ1n) is 14.0. The van der Waals surface area contributed by atoms with E-state index in [1.807, 2.05) is 20.8 Å². The Kier molecular flexibility index (Phi) is 8.81. The number of aryl methyl sites for hydroxylation is 1. The lowest BCUT2D eigenvalue weighted by Gasteiger charge is -2.40. The summed E-state index contributed by atoms with van der Waals surface area (Å²) in [5.74, 6) is -1.27. The fourth-order valence-corrected chi connectivity index (χ4v) is 5.32. The number of carbonyl (C=O) groups is 1. The molecule has 214 valence electrons. The average Bonchev–Trinajstić information content (AvgIpc) is 2.87. The molecule has 4 heterocycles. The first-order valence-corrected chi connectivity index (χ1v) is 14.0. The van der Waals surface area contributed by atoms with Crippen LogP contribution in [-0.2, 0) is 9.53 Å². The summed E-state index contributed by atoms with van der Waals surface area (Å²) in [6.07, 6.45) is 5.93. The number of hydrogen-bond donors (Lipinski definition) is 2. The number of piperidine rings is 2. The van der Waals surface area contributed by atoms with Gasteiger partial charge in [0, 0.05) is 47.9 Å². The fraction of sp³-hybridized carbons (Fsp3) is 0.633. The highest BCUT2D eigenvalue weighted by Gasteiger charge is 2.36. The smallest absolute Gasteiger partial charge is 0.337 e. The van der Waals surface area contributed by atoms with Gasteiger partial charge in [0.25, 0.3) is 0 Å². The van der Waals surface area contributed by atoms with Gasteiger partial charge in [0.15, 0.2) is 11.9 Å². The Hall–Kier alpha value is -2.78. The highest BCUT2D eigenvalue weighted by molar-refractivity contribution is 5.86. The van der Waals surface area contributed by atoms with Crippen molar-refractivity contribution >= 4 is 11.7 Å². The molecular weight excluding hydrogens is 499 g/mol. The van der Waals surface area contributed by atoms with Crippen LogP contribution in [0.4, 0.5) is 10.1 Å². The molecule has 8 nitrogen and oxygen atoms in total. The Morgan fingerprint density at radius 2 is 1.87 bits per heavy atom. The van der Waals surface area contributed by atoms with Gasteiger partial charge in [0.2, 0.25) is 5.88 Å². The van der Waals surface area contributed by atoms with Crippen molar-refractivity contribution in [3.05, 3.63) is 35.5 Å². The number of rotatable bonds is 8. The van der Waals surface area contributed by atoms with Crippen molar-refractivity contribution in [2.24, 2.45) is 11.3 Å². The Balaban J connectivity index is 1.75. The fourth-order valence-electron chi connectivity index (χ4n) is 5.32. The van der Waals surface area contributed by atoms with Crippen LogP contribution in [0.1, 0.15) is 77.7 Å². The van der Waals surface area contributed by atoms with E-state index < -0.39 is 23.5 Å². The molecule has 2 aliphatic heterocycles. The normalized spacial score (nSPS) is 19.1. The lowest BCUT2D eigenvalue weighted by atomic mass is 9.82. The molecule has 2 saturated heterocycles. The number of carboxylic acids is 1. The number of nitrogens with one attached hydrogen (secondary N) is 1. The summed E-state index contributed by atoms with van der Waals surface area (Å²) in [7, 11) is 0. The van der Waals surface area contributed by atoms with E-state index in [1.54, 1.807) is 19.3 Å². The second-order valence-corrected chi connectivity index (χ2v) is 12.6. The number of hydrogen-bond acceptors (Lipinski definition) is 7. The Bertz CT molecular complexity index is 1160. The molecule has 2 fully saturated rings. The largest absolute Gasteiger partial charge is 0.479 e. The number of nitrogens with zero attached hydrogens (tertiary/aromatic N) is 3. The number of aliphatic carboxylic acids is 1. The van der Waals surface area contributed by atoms with Crippen molar-refractivity contribution in [3.8, 4) is 17.0 Å². The first-order chi connectivity index (χ1) is 18.3. The lowest BCUT2D eigenvalue weighted by molar-refractivity contribution is -0.160. The minimum absolute atomic E-state index is 0.0154. The number of aromatic nitrogens is 2. The Labute approximate surface area is 231 Å². The quantitative estimate of drug-likeness (QED) is 0.449. The summed E-state index contributed by atoms with van der Waals surface area (Å²) >= 11 is 0. The number of anilines is 1. The maximum Gasteiger partial charge on any atom is 0.337 e. The van der Waals surface area contributed by atoms with Gasteiger partial charge in [-0.2, -0.15) is 0 Å². The Morgan fingerprint density at radius 1 is 1.21 bits per heavy atom. The van der Waals surface area contributed by atoms with Gasteiger partial charge in [-0.1, -0.05) is 13.8 Å². The molecule has 0 spiro atoms. The van der Waals surface area contributed by atoms with Gasteiger partial charge in [0.05, 0.1) is 17.9 Å². The van der Waals surface area contributed by atoms with Crippen LogP contribution in [0.25, 0.3) is 11.1 Å². The summed E-state index contributed by atoms with van der Waals surface area (Å²) in [5, 5.41) is 13.6. The van der Waals surface area contributed by atoms with E-state index in [0.717, 1.165) is 57.5 Å². The molecule has 2 N–H and O–H groups in total. The van der Waals surface area contributed by atoms with Crippen molar-refractivity contribution in [2.75, 3.05) is 37.7 Å². The van der Waals surface area contributed by atoms with E-state index in [9.17, 15) is 9.90 Å². The molecule has 0 aliphatic carbocycles. The van der Waals surface area contributed by atoms with Crippen molar-refractivity contribution in [1.82, 2.24) is 15.3 Å². The molecule has 0 radical (unpaired) electrons. The van der Waals surface area contributed by atoms with E-state index in [4.69, 9.17) is 9.47 Å². The third-order valence-corrected chi connectivity index (χ3v) is 7.71. The molecule has 4 rings (SSSR count). The molecule has 1 atom stereocenters. The zero-order valence-electron chi connectivity index (χ0n) is 24.1. The molecule has 9 heteroatoms. The number of pyridine rings is 2. The summed E-state index contributed by atoms with van der Waals surface area (Å²) in [4.78, 5) is 23.7. The maximum absolute atomic E-state index is 15.3. The molecule has 39 heavy (non-hydrogen) atoms. The van der Waals surface area contributed by atoms with Crippen LogP contribution >= 0.6 is 0 Å². The summed E-state index contributed by atoms with van der Waals surface area (Å²) in [6.45, 7) is 15.6. The predicted octanol–water partition coefficient (Wildman–Crippen LogP) is 5.54. The first kappa shape index (κ1) is 29.2. The predicted molar refractivity (Wildman–Crippen MR) is 150 cm³/mol. The Morgan fingerprint density at radius 3 is 2.46 bits per heavy atom. The third-order valence-electron chi connectivity index (χ3n) is 7.71. The average molecular weight is 543 g/mol. The molecular formula is C30H43FN4O4. The van der Waals surface area contributed by atoms with Gasteiger partial charge in [-0.15, -0.1) is 0 Å². The molecule has 0 bridgehead atoms. The number of carboxylic acid groups (broad SMARTS) is 1. The zero-order valence-corrected chi connectivity index (χ0v) is 24.1. The van der Waals surface area contributed by atoms with Gasteiger partial charge < -0.3 is 24.8 Å². The van der Waals surface area contributed by atoms with Crippen molar-refractivity contribution in [1.29, 1.82) is 0 Å². The SMILES string of the molecule is Cc1ncc(-c2cnc(OCC3CCNCC3)c(F)c2)c(N2CCC(C)(C)CC2)c1[C@H](OC(C)(C)C)C(=O)O. The van der Waals surface area contributed by atoms with Gasteiger partial charge in [-0.25, -0.2) is 14.2 Å². The van der Waals surface area contributed by atoms with E-state index in [1.165, 1.54) is 6.07 Å². The summed E-state index contributed by atoms with van der Waals surface area (Å²) < 4.78 is 27.1. The minimum Gasteiger partial charge on any atom is -0.479 e. The van der Waals surface area contributed by atoms with Crippen LogP contribution in [0.3, 0.4) is 0 Å². The minimum atomic E-state index is -1.23. The molecule has 0 aromatic carbocycles. The standard InChI is InChI=1S/C30H43FN4O4/c1-19-24(26(28(36)37)39-29(2,3)4)25(35-13-9-30(5,6)10-14-35)22(17-33-19)21-15-23(31)27(34-16-21)38-18-20-7-11-32-12-8-20/h15-17,20,26,32H,7-14,18H2,1-6H3,(H,36,37)/t26-/m0/s1. The van der Waals surface area contributed by atoms with Crippen LogP contribution < -0.4 is 15.0 Å². The summed E-state index contributed by atoms with van der Waals surface area (Å²) in [5.41, 5.74) is 2.44.